The fourth-order valence-corrected chi connectivity index (χ4v) is 3.70. The van der Waals surface area contributed by atoms with Gasteiger partial charge in [-0.2, -0.15) is 0 Å². The third-order valence-corrected chi connectivity index (χ3v) is 5.41. The van der Waals surface area contributed by atoms with Gasteiger partial charge < -0.3 is 30.3 Å². The maximum Gasteiger partial charge on any atom is 0.410 e. The number of carbonyl (C=O) groups excluding carboxylic acids is 3. The lowest BCUT2D eigenvalue weighted by Gasteiger charge is -2.34. The van der Waals surface area contributed by atoms with Gasteiger partial charge in [-0.1, -0.05) is 12.6 Å². The van der Waals surface area contributed by atoms with Crippen molar-refractivity contribution in [1.82, 2.24) is 20.9 Å². The predicted octanol–water partition coefficient (Wildman–Crippen LogP) is 2.96. The molecule has 3 rings (SSSR count). The zero-order valence-corrected chi connectivity index (χ0v) is 20.4. The maximum absolute atomic E-state index is 14.3. The number of hydrogen-bond donors (Lipinski definition) is 3. The molecule has 35 heavy (non-hydrogen) atoms. The number of likely N-dealkylation sites (tertiary alicyclic amines) is 1. The molecule has 10 heteroatoms. The van der Waals surface area contributed by atoms with Crippen molar-refractivity contribution in [1.29, 1.82) is 0 Å². The van der Waals surface area contributed by atoms with Gasteiger partial charge in [0.25, 0.3) is 11.8 Å². The third kappa shape index (κ3) is 6.62. The molecule has 1 saturated heterocycles. The Morgan fingerprint density at radius 1 is 1.17 bits per heavy atom. The highest BCUT2D eigenvalue weighted by molar-refractivity contribution is 6.03. The SMILES string of the molecule is C=C1C=C(C(=O)NC2CCN(C(=O)OC(C)(C)C)CC2)C(NC(=O)c2c(F)cccc2OC)=CN1. The molecule has 0 atom stereocenters. The summed E-state index contributed by atoms with van der Waals surface area (Å²) in [4.78, 5) is 39.8. The number of methoxy groups -OCH3 is 1. The number of amides is 3. The lowest BCUT2D eigenvalue weighted by Crippen LogP contribution is -2.48. The van der Waals surface area contributed by atoms with E-state index in [1.165, 1.54) is 31.5 Å². The summed E-state index contributed by atoms with van der Waals surface area (Å²) in [5, 5.41) is 8.38. The molecular weight excluding hydrogens is 455 g/mol. The minimum atomic E-state index is -0.759. The highest BCUT2D eigenvalue weighted by atomic mass is 19.1. The quantitative estimate of drug-likeness (QED) is 0.591. The number of hydrogen-bond acceptors (Lipinski definition) is 6. The van der Waals surface area contributed by atoms with Gasteiger partial charge in [0.1, 0.15) is 22.7 Å². The Balaban J connectivity index is 1.65. The summed E-state index contributed by atoms with van der Waals surface area (Å²) in [6, 6.07) is 3.89. The number of nitrogens with one attached hydrogen (secondary N) is 3. The first kappa shape index (κ1) is 25.8. The summed E-state index contributed by atoms with van der Waals surface area (Å²) >= 11 is 0. The number of nitrogens with zero attached hydrogens (tertiary/aromatic N) is 1. The largest absolute Gasteiger partial charge is 0.496 e. The molecule has 0 spiro atoms. The van der Waals surface area contributed by atoms with Crippen LogP contribution < -0.4 is 20.7 Å². The highest BCUT2D eigenvalue weighted by Crippen LogP contribution is 2.23. The van der Waals surface area contributed by atoms with Crippen molar-refractivity contribution >= 4 is 17.9 Å². The lowest BCUT2D eigenvalue weighted by molar-refractivity contribution is -0.118. The van der Waals surface area contributed by atoms with Gasteiger partial charge in [-0.3, -0.25) is 9.59 Å². The molecule has 0 unspecified atom stereocenters. The van der Waals surface area contributed by atoms with Crippen LogP contribution in [0.3, 0.4) is 0 Å². The second-order valence-electron chi connectivity index (χ2n) is 9.27. The molecule has 1 aromatic carbocycles. The predicted molar refractivity (Wildman–Crippen MR) is 128 cm³/mol. The first-order valence-electron chi connectivity index (χ1n) is 11.3. The monoisotopic (exact) mass is 486 g/mol. The molecule has 188 valence electrons. The van der Waals surface area contributed by atoms with Crippen LogP contribution in [0.15, 0.2) is 54.0 Å². The van der Waals surface area contributed by atoms with Crippen molar-refractivity contribution in [3.05, 3.63) is 65.4 Å². The van der Waals surface area contributed by atoms with Gasteiger partial charge in [0.2, 0.25) is 0 Å². The number of benzene rings is 1. The second-order valence-corrected chi connectivity index (χ2v) is 9.27. The molecule has 2 aliphatic rings. The molecule has 3 amide bonds. The van der Waals surface area contributed by atoms with Crippen molar-refractivity contribution in [3.8, 4) is 5.75 Å². The summed E-state index contributed by atoms with van der Waals surface area (Å²) in [7, 11) is 1.34. The summed E-state index contributed by atoms with van der Waals surface area (Å²) in [5.74, 6) is -1.86. The van der Waals surface area contributed by atoms with Crippen LogP contribution in [-0.4, -0.2) is 54.6 Å². The van der Waals surface area contributed by atoms with Crippen molar-refractivity contribution < 1.29 is 28.2 Å². The van der Waals surface area contributed by atoms with Crippen LogP contribution in [0, 0.1) is 5.82 Å². The van der Waals surface area contributed by atoms with Crippen LogP contribution in [0.4, 0.5) is 9.18 Å². The Morgan fingerprint density at radius 2 is 1.86 bits per heavy atom. The van der Waals surface area contributed by atoms with Crippen LogP contribution in [0.5, 0.6) is 5.75 Å². The molecule has 0 radical (unpaired) electrons. The van der Waals surface area contributed by atoms with E-state index in [1.807, 2.05) is 20.8 Å². The molecule has 0 aromatic heterocycles. The van der Waals surface area contributed by atoms with Crippen LogP contribution in [0.25, 0.3) is 0 Å². The normalized spacial score (nSPS) is 16.5. The average Bonchev–Trinajstić information content (AvgIpc) is 2.79. The molecule has 2 heterocycles. The number of rotatable bonds is 5. The fourth-order valence-electron chi connectivity index (χ4n) is 3.70. The lowest BCUT2D eigenvalue weighted by atomic mass is 10.0. The first-order chi connectivity index (χ1) is 16.5. The minimum Gasteiger partial charge on any atom is -0.496 e. The Hall–Kier alpha value is -3.82. The first-order valence-corrected chi connectivity index (χ1v) is 11.3. The molecule has 0 bridgehead atoms. The highest BCUT2D eigenvalue weighted by Gasteiger charge is 2.29. The summed E-state index contributed by atoms with van der Waals surface area (Å²) < 4.78 is 24.8. The summed E-state index contributed by atoms with van der Waals surface area (Å²) in [6.45, 7) is 10.1. The van der Waals surface area contributed by atoms with Crippen molar-refractivity contribution in [2.45, 2.75) is 45.3 Å². The van der Waals surface area contributed by atoms with E-state index in [-0.39, 0.29) is 34.7 Å². The molecule has 3 N–H and O–H groups in total. The van der Waals surface area contributed by atoms with Gasteiger partial charge >= 0.3 is 6.09 Å². The van der Waals surface area contributed by atoms with E-state index < -0.39 is 23.2 Å². The number of dihydropyridines is 1. The zero-order valence-electron chi connectivity index (χ0n) is 20.4. The van der Waals surface area contributed by atoms with Gasteiger partial charge in [0.05, 0.1) is 18.4 Å². The van der Waals surface area contributed by atoms with E-state index in [4.69, 9.17) is 9.47 Å². The van der Waals surface area contributed by atoms with E-state index in [0.29, 0.717) is 31.6 Å². The number of allylic oxidation sites excluding steroid dienone is 1. The average molecular weight is 487 g/mol. The molecule has 9 nitrogen and oxygen atoms in total. The van der Waals surface area contributed by atoms with Crippen LogP contribution in [-0.2, 0) is 9.53 Å². The van der Waals surface area contributed by atoms with Crippen LogP contribution in [0.1, 0.15) is 44.0 Å². The zero-order chi connectivity index (χ0) is 25.8. The fraction of sp³-hybridized carbons (Fsp3) is 0.400. The maximum atomic E-state index is 14.3. The van der Waals surface area contributed by atoms with Gasteiger partial charge in [-0.25, -0.2) is 9.18 Å². The van der Waals surface area contributed by atoms with Crippen molar-refractivity contribution in [2.75, 3.05) is 20.2 Å². The van der Waals surface area contributed by atoms with E-state index in [1.54, 1.807) is 4.90 Å². The Labute approximate surface area is 204 Å². The van der Waals surface area contributed by atoms with E-state index in [2.05, 4.69) is 22.5 Å². The number of piperidine rings is 1. The topological polar surface area (TPSA) is 109 Å². The molecule has 1 aromatic rings. The summed E-state index contributed by atoms with van der Waals surface area (Å²) in [5.41, 5.74) is -0.0550. The number of ether oxygens (including phenoxy) is 2. The standard InChI is InChI=1S/C25H31FN4O5/c1-15-13-17(19(14-27-15)29-23(32)21-18(26)7-6-8-20(21)34-5)22(31)28-16-9-11-30(12-10-16)24(33)35-25(2,3)4/h6-8,13-14,16,27H,1,9-12H2,2-5H3,(H,28,31)(H,29,32). The minimum absolute atomic E-state index is 0.0722. The molecular formula is C25H31FN4O5. The second kappa shape index (κ2) is 10.6. The third-order valence-electron chi connectivity index (χ3n) is 5.41. The van der Waals surface area contributed by atoms with E-state index in [0.717, 1.165) is 6.07 Å². The molecule has 1 fully saturated rings. The van der Waals surface area contributed by atoms with Gasteiger partial charge in [-0.15, -0.1) is 0 Å². The van der Waals surface area contributed by atoms with Crippen molar-refractivity contribution in [2.24, 2.45) is 0 Å². The van der Waals surface area contributed by atoms with Gasteiger partial charge in [0.15, 0.2) is 0 Å². The van der Waals surface area contributed by atoms with Crippen LogP contribution >= 0.6 is 0 Å². The Bertz CT molecular complexity index is 1080. The van der Waals surface area contributed by atoms with Gasteiger partial charge in [0, 0.05) is 31.0 Å². The van der Waals surface area contributed by atoms with Crippen molar-refractivity contribution in [3.63, 3.8) is 0 Å². The van der Waals surface area contributed by atoms with Gasteiger partial charge in [-0.05, 0) is 51.8 Å². The van der Waals surface area contributed by atoms with Crippen LogP contribution in [0.2, 0.25) is 0 Å². The van der Waals surface area contributed by atoms with E-state index in [9.17, 15) is 18.8 Å². The molecule has 2 aliphatic heterocycles. The Kier molecular flexibility index (Phi) is 7.83. The summed E-state index contributed by atoms with van der Waals surface area (Å²) in [6.07, 6.45) is 3.65. The number of carbonyl (C=O) groups is 3. The Morgan fingerprint density at radius 3 is 2.49 bits per heavy atom. The number of halogens is 1. The molecule has 0 aliphatic carbocycles. The van der Waals surface area contributed by atoms with E-state index >= 15 is 0 Å². The molecule has 0 saturated carbocycles. The smallest absolute Gasteiger partial charge is 0.410 e.